The number of nitrogens with zero attached hydrogens (tertiary/aromatic N) is 1. The third kappa shape index (κ3) is 4.08. The molecule has 26 heavy (non-hydrogen) atoms. The van der Waals surface area contributed by atoms with Crippen LogP contribution in [0.2, 0.25) is 5.02 Å². The number of hydrogen-bond acceptors (Lipinski definition) is 4. The third-order valence-electron chi connectivity index (χ3n) is 4.09. The standard InChI is InChI=1S/C17H16ClF3N4O/c18-12-7-10(25-13-4-2-1-3-11(13)17(19,20)21)8-23-14(12)9-24-15(26)16(22)5-6-16/h1-4,7-8,25H,5-6,9,22H2,(H,24,26). The van der Waals surface area contributed by atoms with Crippen molar-refractivity contribution in [2.45, 2.75) is 31.1 Å². The third-order valence-corrected chi connectivity index (χ3v) is 4.41. The lowest BCUT2D eigenvalue weighted by Crippen LogP contribution is -2.42. The first-order valence-electron chi connectivity index (χ1n) is 7.84. The number of carbonyl (C=O) groups excluding carboxylic acids is 1. The minimum Gasteiger partial charge on any atom is -0.354 e. The number of rotatable bonds is 5. The Bertz CT molecular complexity index is 837. The molecule has 0 spiro atoms. The Hall–Kier alpha value is -2.32. The van der Waals surface area contributed by atoms with Gasteiger partial charge >= 0.3 is 6.18 Å². The summed E-state index contributed by atoms with van der Waals surface area (Å²) in [6.07, 6.45) is -1.84. The van der Waals surface area contributed by atoms with Crippen molar-refractivity contribution in [1.29, 1.82) is 0 Å². The largest absolute Gasteiger partial charge is 0.418 e. The van der Waals surface area contributed by atoms with Crippen LogP contribution in [0.3, 0.4) is 0 Å². The number of amides is 1. The summed E-state index contributed by atoms with van der Waals surface area (Å²) in [6.45, 7) is 0.0933. The number of halogens is 4. The molecule has 1 aliphatic rings. The molecule has 9 heteroatoms. The van der Waals surface area contributed by atoms with Crippen LogP contribution in [0, 0.1) is 0 Å². The molecule has 0 radical (unpaired) electrons. The van der Waals surface area contributed by atoms with E-state index in [1.54, 1.807) is 0 Å². The fourth-order valence-corrected chi connectivity index (χ4v) is 2.59. The summed E-state index contributed by atoms with van der Waals surface area (Å²) in [5.74, 6) is -0.267. The van der Waals surface area contributed by atoms with Crippen molar-refractivity contribution in [3.63, 3.8) is 0 Å². The van der Waals surface area contributed by atoms with Crippen molar-refractivity contribution in [3.8, 4) is 0 Å². The molecule has 0 saturated heterocycles. The zero-order chi connectivity index (χ0) is 18.9. The summed E-state index contributed by atoms with van der Waals surface area (Å²) < 4.78 is 39.1. The molecule has 3 rings (SSSR count). The van der Waals surface area contributed by atoms with Gasteiger partial charge in [-0.1, -0.05) is 23.7 Å². The number of nitrogens with two attached hydrogens (primary N) is 1. The smallest absolute Gasteiger partial charge is 0.354 e. The quantitative estimate of drug-likeness (QED) is 0.735. The first-order chi connectivity index (χ1) is 12.2. The van der Waals surface area contributed by atoms with Crippen LogP contribution >= 0.6 is 11.6 Å². The minimum atomic E-state index is -4.48. The van der Waals surface area contributed by atoms with Crippen LogP contribution in [0.25, 0.3) is 0 Å². The lowest BCUT2D eigenvalue weighted by molar-refractivity contribution is -0.137. The second kappa shape index (κ2) is 6.77. The van der Waals surface area contributed by atoms with Gasteiger partial charge in [0.15, 0.2) is 0 Å². The van der Waals surface area contributed by atoms with Crippen molar-refractivity contribution in [1.82, 2.24) is 10.3 Å². The van der Waals surface area contributed by atoms with E-state index < -0.39 is 17.3 Å². The van der Waals surface area contributed by atoms with Gasteiger partial charge < -0.3 is 16.4 Å². The normalized spacial score (nSPS) is 15.4. The number of carbonyl (C=O) groups is 1. The molecule has 1 saturated carbocycles. The molecule has 1 aliphatic carbocycles. The van der Waals surface area contributed by atoms with Gasteiger partial charge in [-0.25, -0.2) is 0 Å². The molecule has 5 nitrogen and oxygen atoms in total. The van der Waals surface area contributed by atoms with Gasteiger partial charge in [0.05, 0.1) is 45.9 Å². The molecule has 138 valence electrons. The fraction of sp³-hybridized carbons (Fsp3) is 0.294. The Labute approximate surface area is 152 Å². The van der Waals surface area contributed by atoms with Gasteiger partial charge in [-0.2, -0.15) is 13.2 Å². The molecule has 1 amide bonds. The number of para-hydroxylation sites is 1. The number of aromatic nitrogens is 1. The highest BCUT2D eigenvalue weighted by Crippen LogP contribution is 2.36. The van der Waals surface area contributed by atoms with E-state index in [9.17, 15) is 18.0 Å². The van der Waals surface area contributed by atoms with Crippen molar-refractivity contribution in [3.05, 3.63) is 52.8 Å². The van der Waals surface area contributed by atoms with Crippen LogP contribution in [0.5, 0.6) is 0 Å². The molecule has 1 heterocycles. The number of nitrogens with one attached hydrogen (secondary N) is 2. The minimum absolute atomic E-state index is 0.0933. The van der Waals surface area contributed by atoms with Crippen molar-refractivity contribution in [2.24, 2.45) is 5.73 Å². The van der Waals surface area contributed by atoms with E-state index in [1.165, 1.54) is 30.5 Å². The SMILES string of the molecule is NC1(C(=O)NCc2ncc(Nc3ccccc3C(F)(F)F)cc2Cl)CC1. The molecule has 4 N–H and O–H groups in total. The Balaban J connectivity index is 1.71. The van der Waals surface area contributed by atoms with Crippen LogP contribution in [0.4, 0.5) is 24.5 Å². The zero-order valence-corrected chi connectivity index (χ0v) is 14.3. The van der Waals surface area contributed by atoms with Crippen LogP contribution in [0.1, 0.15) is 24.1 Å². The van der Waals surface area contributed by atoms with E-state index >= 15 is 0 Å². The molecule has 1 fully saturated rings. The van der Waals surface area contributed by atoms with Gasteiger partial charge in [-0.3, -0.25) is 9.78 Å². The summed E-state index contributed by atoms with van der Waals surface area (Å²) in [4.78, 5) is 15.9. The maximum Gasteiger partial charge on any atom is 0.418 e. The van der Waals surface area contributed by atoms with E-state index in [-0.39, 0.29) is 23.2 Å². The van der Waals surface area contributed by atoms with E-state index in [0.29, 0.717) is 24.2 Å². The maximum atomic E-state index is 13.0. The van der Waals surface area contributed by atoms with Crippen LogP contribution in [0.15, 0.2) is 36.5 Å². The van der Waals surface area contributed by atoms with E-state index in [4.69, 9.17) is 17.3 Å². The molecule has 0 bridgehead atoms. The second-order valence-electron chi connectivity index (χ2n) is 6.16. The maximum absolute atomic E-state index is 13.0. The monoisotopic (exact) mass is 384 g/mol. The van der Waals surface area contributed by atoms with Crippen LogP contribution in [-0.2, 0) is 17.5 Å². The topological polar surface area (TPSA) is 80.0 Å². The second-order valence-corrected chi connectivity index (χ2v) is 6.57. The average molecular weight is 385 g/mol. The summed E-state index contributed by atoms with van der Waals surface area (Å²) in [6, 6.07) is 6.58. The molecular weight excluding hydrogens is 369 g/mol. The highest BCUT2D eigenvalue weighted by Gasteiger charge is 2.45. The Morgan fingerprint density at radius 3 is 2.62 bits per heavy atom. The molecule has 0 unspecified atom stereocenters. The van der Waals surface area contributed by atoms with Gasteiger partial charge in [-0.15, -0.1) is 0 Å². The molecule has 2 aromatic rings. The molecular formula is C17H16ClF3N4O. The summed E-state index contributed by atoms with van der Waals surface area (Å²) in [7, 11) is 0. The van der Waals surface area contributed by atoms with Crippen molar-refractivity contribution in [2.75, 3.05) is 5.32 Å². The predicted molar refractivity (Wildman–Crippen MR) is 92.0 cm³/mol. The predicted octanol–water partition coefficient (Wildman–Crippen LogP) is 3.60. The summed E-state index contributed by atoms with van der Waals surface area (Å²) in [5.41, 5.74) is 4.81. The summed E-state index contributed by atoms with van der Waals surface area (Å²) in [5, 5.41) is 5.56. The van der Waals surface area contributed by atoms with E-state index in [1.807, 2.05) is 0 Å². The van der Waals surface area contributed by atoms with Gasteiger partial charge in [-0.05, 0) is 31.0 Å². The van der Waals surface area contributed by atoms with Crippen molar-refractivity contribution < 1.29 is 18.0 Å². The first kappa shape index (κ1) is 18.5. The molecule has 1 aromatic heterocycles. The number of alkyl halides is 3. The van der Waals surface area contributed by atoms with Gasteiger partial charge in [0.2, 0.25) is 5.91 Å². The van der Waals surface area contributed by atoms with Crippen LogP contribution in [-0.4, -0.2) is 16.4 Å². The molecule has 1 aromatic carbocycles. The fourth-order valence-electron chi connectivity index (χ4n) is 2.36. The molecule has 0 atom stereocenters. The number of benzene rings is 1. The van der Waals surface area contributed by atoms with Gasteiger partial charge in [0.1, 0.15) is 0 Å². The van der Waals surface area contributed by atoms with Gasteiger partial charge in [0.25, 0.3) is 0 Å². The molecule has 0 aliphatic heterocycles. The Morgan fingerprint density at radius 1 is 1.31 bits per heavy atom. The zero-order valence-electron chi connectivity index (χ0n) is 13.5. The highest BCUT2D eigenvalue weighted by atomic mass is 35.5. The van der Waals surface area contributed by atoms with Crippen LogP contribution < -0.4 is 16.4 Å². The van der Waals surface area contributed by atoms with E-state index in [2.05, 4.69) is 15.6 Å². The highest BCUT2D eigenvalue weighted by molar-refractivity contribution is 6.31. The Morgan fingerprint density at radius 2 is 2.00 bits per heavy atom. The first-order valence-corrected chi connectivity index (χ1v) is 8.22. The number of hydrogen-bond donors (Lipinski definition) is 3. The Kier molecular flexibility index (Phi) is 4.81. The average Bonchev–Trinajstić information content (AvgIpc) is 3.32. The summed E-state index contributed by atoms with van der Waals surface area (Å²) >= 11 is 6.13. The number of pyridine rings is 1. The number of anilines is 2. The van der Waals surface area contributed by atoms with Crippen molar-refractivity contribution >= 4 is 28.9 Å². The van der Waals surface area contributed by atoms with Gasteiger partial charge in [0, 0.05) is 0 Å². The lowest BCUT2D eigenvalue weighted by atomic mass is 10.1. The van der Waals surface area contributed by atoms with E-state index in [0.717, 1.165) is 6.07 Å². The lowest BCUT2D eigenvalue weighted by Gasteiger charge is -2.15.